The first kappa shape index (κ1) is 26.6. The van der Waals surface area contributed by atoms with Crippen LogP contribution >= 0.6 is 0 Å². The minimum atomic E-state index is -0.228. The molecule has 2 saturated carbocycles. The molecule has 2 aliphatic heterocycles. The molecule has 0 radical (unpaired) electrons. The van der Waals surface area contributed by atoms with E-state index in [2.05, 4.69) is 24.8 Å². The van der Waals surface area contributed by atoms with Crippen LogP contribution in [0.15, 0.2) is 41.2 Å². The highest BCUT2D eigenvalue weighted by Gasteiger charge is 2.67. The minimum Gasteiger partial charge on any atom is -0.504 e. The van der Waals surface area contributed by atoms with Crippen molar-refractivity contribution in [2.24, 2.45) is 17.8 Å². The van der Waals surface area contributed by atoms with Crippen molar-refractivity contribution in [2.45, 2.75) is 82.6 Å². The van der Waals surface area contributed by atoms with Crippen LogP contribution in [-0.2, 0) is 26.2 Å². The number of benzene rings is 1. The van der Waals surface area contributed by atoms with E-state index >= 15 is 0 Å². The molecule has 1 spiro atoms. The number of carbonyl (C=O) groups is 2. The van der Waals surface area contributed by atoms with Gasteiger partial charge in [0, 0.05) is 54.6 Å². The highest BCUT2D eigenvalue weighted by Crippen LogP contribution is 2.64. The van der Waals surface area contributed by atoms with Gasteiger partial charge in [0.25, 0.3) is 0 Å². The topological polar surface area (TPSA) is 92.5 Å². The van der Waals surface area contributed by atoms with Gasteiger partial charge in [0.05, 0.1) is 18.6 Å². The number of phenolic OH excluding ortho intramolecular Hbond substituents is 1. The Morgan fingerprint density at radius 3 is 2.88 bits per heavy atom. The Bertz CT molecular complexity index is 1370. The standard InChI is InChI=1S/C33H40N2O6/c1-19(2)16-35(29(38)9-4-21-10-13-39-18-21)25-7-6-24-26-14-22-5-8-27(37)31-30(22)33(24,32(25)41-31)11-12-34(26)17-23-15-28(23)40-20(3)36/h4-5,8-10,13,18-19,23-26,28,32,37H,6-7,11-12,14-17H2,1-3H3/t23?,24-,25-,26+,28?,32-,33-/m0/s1. The molecule has 8 nitrogen and oxygen atoms in total. The number of amides is 1. The fraction of sp³-hybridized carbons (Fsp3) is 0.576. The Morgan fingerprint density at radius 2 is 2.12 bits per heavy atom. The molecule has 3 heterocycles. The average Bonchev–Trinajstić information content (AvgIpc) is 3.30. The molecule has 3 aliphatic carbocycles. The summed E-state index contributed by atoms with van der Waals surface area (Å²) in [6.07, 6.45) is 11.2. The lowest BCUT2D eigenvalue weighted by molar-refractivity contribution is -0.142. The van der Waals surface area contributed by atoms with Gasteiger partial charge in [-0.2, -0.15) is 0 Å². The van der Waals surface area contributed by atoms with E-state index in [-0.39, 0.29) is 41.3 Å². The number of hydrogen-bond acceptors (Lipinski definition) is 7. The van der Waals surface area contributed by atoms with E-state index in [1.54, 1.807) is 24.7 Å². The number of furan rings is 1. The molecular weight excluding hydrogens is 520 g/mol. The smallest absolute Gasteiger partial charge is 0.302 e. The summed E-state index contributed by atoms with van der Waals surface area (Å²) >= 11 is 0. The number of ether oxygens (including phenoxy) is 2. The van der Waals surface area contributed by atoms with E-state index in [1.165, 1.54) is 18.1 Å². The van der Waals surface area contributed by atoms with Crippen LogP contribution in [0.2, 0.25) is 0 Å². The normalized spacial score (nSPS) is 33.0. The van der Waals surface area contributed by atoms with Gasteiger partial charge in [-0.1, -0.05) is 19.9 Å². The lowest BCUT2D eigenvalue weighted by Crippen LogP contribution is -2.69. The average molecular weight is 561 g/mol. The van der Waals surface area contributed by atoms with Crippen LogP contribution in [0.4, 0.5) is 0 Å². The first-order chi connectivity index (χ1) is 19.8. The summed E-state index contributed by atoms with van der Waals surface area (Å²) in [7, 11) is 0. The number of aromatic hydroxyl groups is 1. The Hall–Kier alpha value is -3.26. The SMILES string of the molecule is CC(=O)OC1CC1CN1CC[C@]23c4c5ccc(O)c4O[C@H]2[C@@H](N(CC(C)C)C(=O)C=Cc2ccoc2)CC[C@H]3[C@H]1C5. The number of phenols is 1. The Kier molecular flexibility index (Phi) is 6.45. The van der Waals surface area contributed by atoms with Gasteiger partial charge < -0.3 is 23.9 Å². The zero-order chi connectivity index (χ0) is 28.5. The Morgan fingerprint density at radius 1 is 1.27 bits per heavy atom. The van der Waals surface area contributed by atoms with Crippen LogP contribution in [0.5, 0.6) is 11.5 Å². The van der Waals surface area contributed by atoms with E-state index < -0.39 is 0 Å². The molecule has 218 valence electrons. The van der Waals surface area contributed by atoms with Crippen molar-refractivity contribution < 1.29 is 28.6 Å². The summed E-state index contributed by atoms with van der Waals surface area (Å²) in [5, 5.41) is 11.0. The second-order valence-electron chi connectivity index (χ2n) is 13.2. The van der Waals surface area contributed by atoms with Crippen LogP contribution in [0.3, 0.4) is 0 Å². The second kappa shape index (κ2) is 9.93. The molecule has 41 heavy (non-hydrogen) atoms. The van der Waals surface area contributed by atoms with Crippen LogP contribution < -0.4 is 4.74 Å². The minimum absolute atomic E-state index is 0.0150. The molecule has 1 aromatic carbocycles. The number of nitrogens with zero attached hydrogens (tertiary/aromatic N) is 2. The maximum Gasteiger partial charge on any atom is 0.302 e. The van der Waals surface area contributed by atoms with E-state index in [4.69, 9.17) is 13.9 Å². The van der Waals surface area contributed by atoms with Crippen molar-refractivity contribution in [2.75, 3.05) is 19.6 Å². The van der Waals surface area contributed by atoms with Crippen molar-refractivity contribution in [3.8, 4) is 11.5 Å². The Balaban J connectivity index is 1.21. The van der Waals surface area contributed by atoms with Crippen molar-refractivity contribution in [3.05, 3.63) is 53.5 Å². The molecule has 1 saturated heterocycles. The van der Waals surface area contributed by atoms with Crippen molar-refractivity contribution in [1.29, 1.82) is 0 Å². The lowest BCUT2D eigenvalue weighted by atomic mass is 9.51. The maximum absolute atomic E-state index is 13.8. The molecule has 2 unspecified atom stereocenters. The number of rotatable bonds is 8. The maximum atomic E-state index is 13.8. The second-order valence-corrected chi connectivity index (χ2v) is 13.2. The summed E-state index contributed by atoms with van der Waals surface area (Å²) in [6.45, 7) is 8.31. The van der Waals surface area contributed by atoms with Gasteiger partial charge in [0.1, 0.15) is 12.2 Å². The fourth-order valence-corrected chi connectivity index (χ4v) is 8.63. The van der Waals surface area contributed by atoms with Gasteiger partial charge in [0.2, 0.25) is 5.91 Å². The molecule has 7 atom stereocenters. The van der Waals surface area contributed by atoms with Crippen molar-refractivity contribution in [3.63, 3.8) is 0 Å². The molecule has 7 rings (SSSR count). The fourth-order valence-electron chi connectivity index (χ4n) is 8.63. The third-order valence-electron chi connectivity index (χ3n) is 10.3. The van der Waals surface area contributed by atoms with Gasteiger partial charge in [-0.3, -0.25) is 14.5 Å². The number of likely N-dealkylation sites (tertiary alicyclic amines) is 1. The summed E-state index contributed by atoms with van der Waals surface area (Å²) < 4.78 is 17.5. The molecule has 1 N–H and O–H groups in total. The molecule has 8 heteroatoms. The van der Waals surface area contributed by atoms with Gasteiger partial charge in [-0.15, -0.1) is 0 Å². The van der Waals surface area contributed by atoms with E-state index in [1.807, 2.05) is 17.0 Å². The summed E-state index contributed by atoms with van der Waals surface area (Å²) in [5.41, 5.74) is 3.09. The quantitative estimate of drug-likeness (QED) is 0.374. The molecule has 2 aromatic rings. The van der Waals surface area contributed by atoms with Gasteiger partial charge >= 0.3 is 5.97 Å². The molecule has 1 aromatic heterocycles. The molecule has 3 fully saturated rings. The molecule has 1 amide bonds. The summed E-state index contributed by atoms with van der Waals surface area (Å²) in [5.74, 6) is 1.72. The summed E-state index contributed by atoms with van der Waals surface area (Å²) in [4.78, 5) is 29.9. The van der Waals surface area contributed by atoms with E-state index in [0.29, 0.717) is 36.1 Å². The predicted molar refractivity (Wildman–Crippen MR) is 152 cm³/mol. The third kappa shape index (κ3) is 4.37. The largest absolute Gasteiger partial charge is 0.504 e. The van der Waals surface area contributed by atoms with Gasteiger partial charge in [-0.25, -0.2) is 0 Å². The van der Waals surface area contributed by atoms with E-state index in [0.717, 1.165) is 50.8 Å². The molecule has 5 aliphatic rings. The zero-order valence-electron chi connectivity index (χ0n) is 24.1. The first-order valence-electron chi connectivity index (χ1n) is 15.2. The van der Waals surface area contributed by atoms with Crippen LogP contribution in [0.1, 0.15) is 63.1 Å². The van der Waals surface area contributed by atoms with Crippen LogP contribution in [0, 0.1) is 17.8 Å². The third-order valence-corrected chi connectivity index (χ3v) is 10.3. The van der Waals surface area contributed by atoms with Crippen LogP contribution in [0.25, 0.3) is 6.08 Å². The Labute approximate surface area is 241 Å². The molecular formula is C33H40N2O6. The summed E-state index contributed by atoms with van der Waals surface area (Å²) in [6, 6.07) is 5.99. The number of esters is 1. The van der Waals surface area contributed by atoms with Crippen LogP contribution in [-0.4, -0.2) is 70.7 Å². The number of hydrogen-bond donors (Lipinski definition) is 1. The zero-order valence-corrected chi connectivity index (χ0v) is 24.1. The predicted octanol–water partition coefficient (Wildman–Crippen LogP) is 4.54. The van der Waals surface area contributed by atoms with E-state index in [9.17, 15) is 14.7 Å². The first-order valence-corrected chi connectivity index (χ1v) is 15.2. The monoisotopic (exact) mass is 560 g/mol. The molecule has 2 bridgehead atoms. The van der Waals surface area contributed by atoms with Gasteiger partial charge in [-0.05, 0) is 74.3 Å². The van der Waals surface area contributed by atoms with Crippen molar-refractivity contribution in [1.82, 2.24) is 9.80 Å². The number of piperidine rings is 1. The highest BCUT2D eigenvalue weighted by atomic mass is 16.5. The van der Waals surface area contributed by atoms with Crippen molar-refractivity contribution >= 4 is 18.0 Å². The van der Waals surface area contributed by atoms with Gasteiger partial charge in [0.15, 0.2) is 11.5 Å². The highest BCUT2D eigenvalue weighted by molar-refractivity contribution is 5.92. The lowest BCUT2D eigenvalue weighted by Gasteiger charge is -2.60. The number of carbonyl (C=O) groups excluding carboxylic acids is 2.